The van der Waals surface area contributed by atoms with E-state index >= 15 is 0 Å². The Morgan fingerprint density at radius 3 is 2.81 bits per heavy atom. The molecule has 0 aliphatic rings. The van der Waals surface area contributed by atoms with Crippen LogP contribution in [0.25, 0.3) is 0 Å². The molecule has 0 spiro atoms. The van der Waals surface area contributed by atoms with Gasteiger partial charge < -0.3 is 0 Å². The minimum atomic E-state index is 0.383. The fourth-order valence-electron chi connectivity index (χ4n) is 1.65. The molecule has 0 radical (unpaired) electrons. The standard InChI is InChI=1S/C11H15N3S2/c1-7(2)10-12-13-11(15)14(10)6-9-5-4-8(3)16-9/h4-5,7H,6H2,1-3H3,(H,13,15). The highest BCUT2D eigenvalue weighted by molar-refractivity contribution is 7.71. The largest absolute Gasteiger partial charge is 0.299 e. The van der Waals surface area contributed by atoms with Gasteiger partial charge in [-0.25, -0.2) is 0 Å². The number of aromatic nitrogens is 3. The van der Waals surface area contributed by atoms with Crippen molar-refractivity contribution in [1.82, 2.24) is 14.8 Å². The van der Waals surface area contributed by atoms with Crippen LogP contribution in [0.2, 0.25) is 0 Å². The van der Waals surface area contributed by atoms with Gasteiger partial charge in [0.15, 0.2) is 4.77 Å². The zero-order valence-electron chi connectivity index (χ0n) is 9.65. The Kier molecular flexibility index (Phi) is 3.25. The minimum Gasteiger partial charge on any atom is -0.299 e. The lowest BCUT2D eigenvalue weighted by atomic mass is 10.2. The van der Waals surface area contributed by atoms with Crippen LogP contribution in [0.3, 0.4) is 0 Å². The first kappa shape index (κ1) is 11.5. The van der Waals surface area contributed by atoms with Crippen molar-refractivity contribution in [2.75, 3.05) is 0 Å². The van der Waals surface area contributed by atoms with E-state index in [1.165, 1.54) is 9.75 Å². The highest BCUT2D eigenvalue weighted by atomic mass is 32.1. The molecule has 16 heavy (non-hydrogen) atoms. The van der Waals surface area contributed by atoms with Gasteiger partial charge in [-0.3, -0.25) is 9.67 Å². The summed E-state index contributed by atoms with van der Waals surface area (Å²) in [6, 6.07) is 4.29. The molecule has 0 amide bonds. The molecule has 2 rings (SSSR count). The van der Waals surface area contributed by atoms with E-state index in [-0.39, 0.29) is 0 Å². The molecule has 3 nitrogen and oxygen atoms in total. The molecule has 5 heteroatoms. The SMILES string of the molecule is Cc1ccc(Cn2c(C(C)C)n[nH]c2=S)s1. The quantitative estimate of drug-likeness (QED) is 0.850. The summed E-state index contributed by atoms with van der Waals surface area (Å²) in [5.74, 6) is 1.41. The van der Waals surface area contributed by atoms with Crippen LogP contribution in [0.1, 0.15) is 35.3 Å². The number of hydrogen-bond acceptors (Lipinski definition) is 3. The minimum absolute atomic E-state index is 0.383. The Hall–Kier alpha value is -0.940. The molecule has 0 saturated carbocycles. The number of aromatic amines is 1. The topological polar surface area (TPSA) is 33.6 Å². The second-order valence-corrected chi connectivity index (χ2v) is 5.90. The molecular formula is C11H15N3S2. The molecule has 2 aromatic heterocycles. The third kappa shape index (κ3) is 2.25. The number of rotatable bonds is 3. The lowest BCUT2D eigenvalue weighted by Gasteiger charge is -2.07. The fourth-order valence-corrected chi connectivity index (χ4v) is 2.73. The summed E-state index contributed by atoms with van der Waals surface area (Å²) < 4.78 is 2.78. The van der Waals surface area contributed by atoms with E-state index in [1.54, 1.807) is 11.3 Å². The maximum absolute atomic E-state index is 5.25. The van der Waals surface area contributed by atoms with E-state index in [4.69, 9.17) is 12.2 Å². The van der Waals surface area contributed by atoms with Gasteiger partial charge in [0.2, 0.25) is 0 Å². The highest BCUT2D eigenvalue weighted by Gasteiger charge is 2.10. The zero-order valence-corrected chi connectivity index (χ0v) is 11.3. The Morgan fingerprint density at radius 1 is 1.50 bits per heavy atom. The van der Waals surface area contributed by atoms with Gasteiger partial charge in [-0.15, -0.1) is 11.3 Å². The molecule has 0 saturated heterocycles. The van der Waals surface area contributed by atoms with Crippen LogP contribution in [-0.2, 0) is 6.54 Å². The van der Waals surface area contributed by atoms with Gasteiger partial charge >= 0.3 is 0 Å². The smallest absolute Gasteiger partial charge is 0.195 e. The third-order valence-corrected chi connectivity index (χ3v) is 3.71. The average Bonchev–Trinajstić information content (AvgIpc) is 2.76. The molecule has 0 unspecified atom stereocenters. The zero-order chi connectivity index (χ0) is 11.7. The van der Waals surface area contributed by atoms with E-state index in [0.717, 1.165) is 12.4 Å². The van der Waals surface area contributed by atoms with Crippen molar-refractivity contribution in [3.05, 3.63) is 32.5 Å². The lowest BCUT2D eigenvalue weighted by molar-refractivity contribution is 0.669. The van der Waals surface area contributed by atoms with Crippen LogP contribution < -0.4 is 0 Å². The van der Waals surface area contributed by atoms with Crippen molar-refractivity contribution in [2.45, 2.75) is 33.2 Å². The molecule has 0 aromatic carbocycles. The third-order valence-electron chi connectivity index (χ3n) is 2.41. The highest BCUT2D eigenvalue weighted by Crippen LogP contribution is 2.19. The maximum Gasteiger partial charge on any atom is 0.195 e. The van der Waals surface area contributed by atoms with Crippen molar-refractivity contribution in [1.29, 1.82) is 0 Å². The summed E-state index contributed by atoms with van der Waals surface area (Å²) >= 11 is 7.05. The van der Waals surface area contributed by atoms with E-state index in [1.807, 2.05) is 0 Å². The summed E-state index contributed by atoms with van der Waals surface area (Å²) in [5.41, 5.74) is 0. The number of aryl methyl sites for hydroxylation is 1. The maximum atomic E-state index is 5.25. The average molecular weight is 253 g/mol. The van der Waals surface area contributed by atoms with Crippen molar-refractivity contribution >= 4 is 23.6 Å². The van der Waals surface area contributed by atoms with Gasteiger partial charge in [0.1, 0.15) is 5.82 Å². The number of hydrogen-bond donors (Lipinski definition) is 1. The monoisotopic (exact) mass is 253 g/mol. The molecule has 0 aliphatic carbocycles. The predicted molar refractivity (Wildman–Crippen MR) is 69.7 cm³/mol. The van der Waals surface area contributed by atoms with Gasteiger partial charge in [0.05, 0.1) is 6.54 Å². The van der Waals surface area contributed by atoms with Crippen LogP contribution in [0, 0.1) is 11.7 Å². The van der Waals surface area contributed by atoms with Crippen LogP contribution in [0.15, 0.2) is 12.1 Å². The van der Waals surface area contributed by atoms with Crippen LogP contribution in [0.5, 0.6) is 0 Å². The van der Waals surface area contributed by atoms with Gasteiger partial charge in [-0.05, 0) is 31.3 Å². The lowest BCUT2D eigenvalue weighted by Crippen LogP contribution is -2.05. The summed E-state index contributed by atoms with van der Waals surface area (Å²) in [4.78, 5) is 2.65. The van der Waals surface area contributed by atoms with Gasteiger partial charge in [0.25, 0.3) is 0 Å². The molecule has 0 fully saturated rings. The molecule has 0 bridgehead atoms. The first-order valence-electron chi connectivity index (χ1n) is 5.28. The first-order chi connectivity index (χ1) is 7.58. The summed E-state index contributed by atoms with van der Waals surface area (Å²) in [6.07, 6.45) is 0. The van der Waals surface area contributed by atoms with Gasteiger partial charge in [-0.2, -0.15) is 5.10 Å². The number of nitrogens with zero attached hydrogens (tertiary/aromatic N) is 2. The Morgan fingerprint density at radius 2 is 2.25 bits per heavy atom. The summed E-state index contributed by atoms with van der Waals surface area (Å²) in [5, 5.41) is 7.13. The first-order valence-corrected chi connectivity index (χ1v) is 6.51. The van der Waals surface area contributed by atoms with Crippen molar-refractivity contribution in [3.8, 4) is 0 Å². The molecular weight excluding hydrogens is 238 g/mol. The van der Waals surface area contributed by atoms with Crippen LogP contribution >= 0.6 is 23.6 Å². The Bertz CT molecular complexity index is 533. The number of H-pyrrole nitrogens is 1. The van der Waals surface area contributed by atoms with Gasteiger partial charge in [-0.1, -0.05) is 13.8 Å². The molecule has 0 atom stereocenters. The van der Waals surface area contributed by atoms with E-state index < -0.39 is 0 Å². The number of thiophene rings is 1. The van der Waals surface area contributed by atoms with E-state index in [9.17, 15) is 0 Å². The second kappa shape index (κ2) is 4.51. The molecule has 2 aromatic rings. The summed E-state index contributed by atoms with van der Waals surface area (Å²) in [7, 11) is 0. The normalized spacial score (nSPS) is 11.2. The molecule has 2 heterocycles. The van der Waals surface area contributed by atoms with Crippen LogP contribution in [-0.4, -0.2) is 14.8 Å². The number of nitrogens with one attached hydrogen (secondary N) is 1. The van der Waals surface area contributed by atoms with Crippen molar-refractivity contribution in [2.24, 2.45) is 0 Å². The Labute approximate surface area is 104 Å². The van der Waals surface area contributed by atoms with Gasteiger partial charge in [0, 0.05) is 15.7 Å². The van der Waals surface area contributed by atoms with E-state index in [0.29, 0.717) is 10.7 Å². The summed E-state index contributed by atoms with van der Waals surface area (Å²) in [6.45, 7) is 7.19. The Balaban J connectivity index is 2.33. The van der Waals surface area contributed by atoms with Crippen molar-refractivity contribution in [3.63, 3.8) is 0 Å². The van der Waals surface area contributed by atoms with Crippen molar-refractivity contribution < 1.29 is 0 Å². The van der Waals surface area contributed by atoms with Crippen LogP contribution in [0.4, 0.5) is 0 Å². The molecule has 0 aliphatic heterocycles. The second-order valence-electron chi connectivity index (χ2n) is 4.14. The predicted octanol–water partition coefficient (Wildman–Crippen LogP) is 3.48. The fraction of sp³-hybridized carbons (Fsp3) is 0.455. The molecule has 1 N–H and O–H groups in total. The van der Waals surface area contributed by atoms with E-state index in [2.05, 4.69) is 47.7 Å². The molecule has 86 valence electrons.